The second kappa shape index (κ2) is 6.61. The number of hydrogen-bond donors (Lipinski definition) is 2. The molecular formula is C24H23NO2. The van der Waals surface area contributed by atoms with Crippen LogP contribution in [0.5, 0.6) is 0 Å². The minimum absolute atomic E-state index is 0.672. The lowest BCUT2D eigenvalue weighted by Gasteiger charge is -2.36. The van der Waals surface area contributed by atoms with Crippen LogP contribution >= 0.6 is 0 Å². The Bertz CT molecular complexity index is 983. The Morgan fingerprint density at radius 3 is 2.26 bits per heavy atom. The minimum Gasteiger partial charge on any atom is -0.384 e. The Morgan fingerprint density at radius 2 is 1.48 bits per heavy atom. The van der Waals surface area contributed by atoms with E-state index >= 15 is 0 Å². The van der Waals surface area contributed by atoms with Gasteiger partial charge in [-0.15, -0.1) is 0 Å². The second-order valence-electron chi connectivity index (χ2n) is 7.59. The summed E-state index contributed by atoms with van der Waals surface area (Å²) in [5.41, 5.74) is 7.19. The molecule has 1 aliphatic carbocycles. The van der Waals surface area contributed by atoms with Crippen LogP contribution in [-0.2, 0) is 19.5 Å². The molecule has 5 rings (SSSR count). The SMILES string of the molecule is OC1c2ccccc2C(O)c2c1ccc1c2CN(Cc2ccccc2)CC1. The molecule has 3 heteroatoms. The van der Waals surface area contributed by atoms with Crippen molar-refractivity contribution < 1.29 is 10.2 Å². The fourth-order valence-electron chi connectivity index (χ4n) is 4.60. The molecule has 136 valence electrons. The summed E-state index contributed by atoms with van der Waals surface area (Å²) in [5.74, 6) is 0. The van der Waals surface area contributed by atoms with Crippen molar-refractivity contribution in [2.45, 2.75) is 31.7 Å². The average Bonchev–Trinajstić information content (AvgIpc) is 2.72. The maximum atomic E-state index is 11.1. The molecule has 27 heavy (non-hydrogen) atoms. The highest BCUT2D eigenvalue weighted by atomic mass is 16.3. The van der Waals surface area contributed by atoms with Gasteiger partial charge in [0, 0.05) is 19.6 Å². The Kier molecular flexibility index (Phi) is 4.09. The topological polar surface area (TPSA) is 43.7 Å². The lowest BCUT2D eigenvalue weighted by molar-refractivity contribution is 0.168. The number of hydrogen-bond acceptors (Lipinski definition) is 3. The maximum absolute atomic E-state index is 11.1. The molecule has 0 radical (unpaired) electrons. The summed E-state index contributed by atoms with van der Waals surface area (Å²) in [4.78, 5) is 2.43. The number of aliphatic hydroxyl groups excluding tert-OH is 2. The van der Waals surface area contributed by atoms with Crippen LogP contribution < -0.4 is 0 Å². The largest absolute Gasteiger partial charge is 0.384 e. The zero-order chi connectivity index (χ0) is 18.4. The van der Waals surface area contributed by atoms with Gasteiger partial charge in [0.2, 0.25) is 0 Å². The van der Waals surface area contributed by atoms with E-state index in [1.807, 2.05) is 36.4 Å². The molecule has 0 amide bonds. The van der Waals surface area contributed by atoms with Crippen LogP contribution in [-0.4, -0.2) is 21.7 Å². The number of aliphatic hydroxyl groups is 2. The van der Waals surface area contributed by atoms with Crippen molar-refractivity contribution in [3.8, 4) is 0 Å². The first-order chi connectivity index (χ1) is 13.2. The quantitative estimate of drug-likeness (QED) is 0.735. The summed E-state index contributed by atoms with van der Waals surface area (Å²) >= 11 is 0. The van der Waals surface area contributed by atoms with E-state index in [9.17, 15) is 10.2 Å². The molecule has 2 aliphatic rings. The lowest BCUT2D eigenvalue weighted by atomic mass is 9.77. The third kappa shape index (κ3) is 2.79. The van der Waals surface area contributed by atoms with Crippen LogP contribution in [0.25, 0.3) is 0 Å². The molecule has 1 heterocycles. The summed E-state index contributed by atoms with van der Waals surface area (Å²) in [6.45, 7) is 2.72. The summed E-state index contributed by atoms with van der Waals surface area (Å²) in [7, 11) is 0. The van der Waals surface area contributed by atoms with E-state index in [2.05, 4.69) is 35.2 Å². The molecule has 3 nitrogen and oxygen atoms in total. The van der Waals surface area contributed by atoms with E-state index < -0.39 is 12.2 Å². The van der Waals surface area contributed by atoms with Crippen molar-refractivity contribution in [2.24, 2.45) is 0 Å². The average molecular weight is 357 g/mol. The van der Waals surface area contributed by atoms with Gasteiger partial charge in [-0.05, 0) is 45.4 Å². The molecule has 3 aromatic carbocycles. The standard InChI is InChI=1S/C24H23NO2/c26-23-18-8-4-5-9-19(18)24(27)22-20(23)11-10-17-12-13-25(15-21(17)22)14-16-6-2-1-3-7-16/h1-11,23-24,26-27H,12-15H2. The van der Waals surface area contributed by atoms with Gasteiger partial charge in [0.05, 0.1) is 0 Å². The van der Waals surface area contributed by atoms with Crippen molar-refractivity contribution in [1.82, 2.24) is 4.90 Å². The van der Waals surface area contributed by atoms with Gasteiger partial charge in [0.25, 0.3) is 0 Å². The third-order valence-corrected chi connectivity index (χ3v) is 5.97. The molecular weight excluding hydrogens is 334 g/mol. The fraction of sp³-hybridized carbons (Fsp3) is 0.250. The highest BCUT2D eigenvalue weighted by Gasteiger charge is 2.34. The smallest absolute Gasteiger partial charge is 0.105 e. The molecule has 0 saturated heterocycles. The van der Waals surface area contributed by atoms with Gasteiger partial charge in [0.1, 0.15) is 12.2 Å². The van der Waals surface area contributed by atoms with Gasteiger partial charge in [-0.3, -0.25) is 4.90 Å². The zero-order valence-corrected chi connectivity index (χ0v) is 15.2. The van der Waals surface area contributed by atoms with Crippen molar-refractivity contribution in [3.05, 3.63) is 106 Å². The Labute approximate surface area is 159 Å². The van der Waals surface area contributed by atoms with Crippen molar-refractivity contribution in [1.29, 1.82) is 0 Å². The fourth-order valence-corrected chi connectivity index (χ4v) is 4.60. The summed E-state index contributed by atoms with van der Waals surface area (Å²) in [5, 5.41) is 22.0. The predicted molar refractivity (Wildman–Crippen MR) is 105 cm³/mol. The van der Waals surface area contributed by atoms with Crippen LogP contribution in [0.3, 0.4) is 0 Å². The summed E-state index contributed by atoms with van der Waals surface area (Å²) in [6.07, 6.45) is -0.375. The number of fused-ring (bicyclic) bond motifs is 4. The first-order valence-electron chi connectivity index (χ1n) is 9.58. The van der Waals surface area contributed by atoms with Gasteiger partial charge in [-0.25, -0.2) is 0 Å². The van der Waals surface area contributed by atoms with E-state index in [4.69, 9.17) is 0 Å². The molecule has 0 fully saturated rings. The molecule has 0 spiro atoms. The second-order valence-corrected chi connectivity index (χ2v) is 7.59. The van der Waals surface area contributed by atoms with E-state index in [1.165, 1.54) is 16.7 Å². The van der Waals surface area contributed by atoms with Gasteiger partial charge in [0.15, 0.2) is 0 Å². The molecule has 0 saturated carbocycles. The van der Waals surface area contributed by atoms with Crippen LogP contribution in [0.4, 0.5) is 0 Å². The predicted octanol–water partition coefficient (Wildman–Crippen LogP) is 3.72. The monoisotopic (exact) mass is 357 g/mol. The third-order valence-electron chi connectivity index (χ3n) is 5.97. The van der Waals surface area contributed by atoms with Gasteiger partial charge in [-0.1, -0.05) is 66.7 Å². The van der Waals surface area contributed by atoms with Gasteiger partial charge in [-0.2, -0.15) is 0 Å². The van der Waals surface area contributed by atoms with Crippen LogP contribution in [0.2, 0.25) is 0 Å². The molecule has 0 aromatic heterocycles. The Morgan fingerprint density at radius 1 is 0.778 bits per heavy atom. The summed E-state index contributed by atoms with van der Waals surface area (Å²) in [6, 6.07) is 22.3. The van der Waals surface area contributed by atoms with Crippen LogP contribution in [0, 0.1) is 0 Å². The molecule has 2 unspecified atom stereocenters. The summed E-state index contributed by atoms with van der Waals surface area (Å²) < 4.78 is 0. The molecule has 1 aliphatic heterocycles. The van der Waals surface area contributed by atoms with Gasteiger partial charge >= 0.3 is 0 Å². The normalized spacial score (nSPS) is 21.3. The molecule has 3 aromatic rings. The van der Waals surface area contributed by atoms with Crippen molar-refractivity contribution >= 4 is 0 Å². The van der Waals surface area contributed by atoms with E-state index in [0.29, 0.717) is 0 Å². The highest BCUT2D eigenvalue weighted by Crippen LogP contribution is 2.44. The highest BCUT2D eigenvalue weighted by molar-refractivity contribution is 5.55. The van der Waals surface area contributed by atoms with Crippen LogP contribution in [0.1, 0.15) is 51.2 Å². The minimum atomic E-state index is -0.675. The first kappa shape index (κ1) is 16.7. The lowest BCUT2D eigenvalue weighted by Crippen LogP contribution is -2.32. The molecule has 2 N–H and O–H groups in total. The van der Waals surface area contributed by atoms with Crippen molar-refractivity contribution in [2.75, 3.05) is 6.54 Å². The van der Waals surface area contributed by atoms with Crippen molar-refractivity contribution in [3.63, 3.8) is 0 Å². The number of rotatable bonds is 2. The van der Waals surface area contributed by atoms with Gasteiger partial charge < -0.3 is 10.2 Å². The van der Waals surface area contributed by atoms with E-state index in [0.717, 1.165) is 48.3 Å². The molecule has 0 bridgehead atoms. The first-order valence-corrected chi connectivity index (χ1v) is 9.58. The van der Waals surface area contributed by atoms with E-state index in [1.54, 1.807) is 0 Å². The molecule has 2 atom stereocenters. The number of benzene rings is 3. The zero-order valence-electron chi connectivity index (χ0n) is 15.2. The Balaban J connectivity index is 1.53. The van der Waals surface area contributed by atoms with Crippen LogP contribution in [0.15, 0.2) is 66.7 Å². The maximum Gasteiger partial charge on any atom is 0.105 e. The number of nitrogens with zero attached hydrogens (tertiary/aromatic N) is 1. The Hall–Kier alpha value is -2.46. The van der Waals surface area contributed by atoms with E-state index in [-0.39, 0.29) is 0 Å².